The minimum atomic E-state index is -4.44. The number of hydrogen-bond donors (Lipinski definition) is 1. The van der Waals surface area contributed by atoms with Crippen molar-refractivity contribution in [3.63, 3.8) is 0 Å². The van der Waals surface area contributed by atoms with E-state index in [0.717, 1.165) is 24.3 Å². The standard InChI is InChI=1S/C18H16F3NO4/c1-2-25-16-9-12(10-23)3-8-15(16)26-11-17(24)22-14-6-4-13(5-7-14)18(19,20)21/h3-10H,2,11H2,1H3,(H,22,24). The molecule has 0 saturated heterocycles. The van der Waals surface area contributed by atoms with E-state index < -0.39 is 17.6 Å². The summed E-state index contributed by atoms with van der Waals surface area (Å²) in [5, 5.41) is 2.44. The van der Waals surface area contributed by atoms with Gasteiger partial charge < -0.3 is 14.8 Å². The van der Waals surface area contributed by atoms with E-state index in [9.17, 15) is 22.8 Å². The normalized spacial score (nSPS) is 10.9. The summed E-state index contributed by atoms with van der Waals surface area (Å²) in [4.78, 5) is 22.7. The molecule has 2 rings (SSSR count). The highest BCUT2D eigenvalue weighted by molar-refractivity contribution is 5.91. The molecule has 1 N–H and O–H groups in total. The molecule has 0 fully saturated rings. The van der Waals surface area contributed by atoms with Gasteiger partial charge in [-0.3, -0.25) is 9.59 Å². The Kier molecular flexibility index (Phi) is 6.21. The lowest BCUT2D eigenvalue weighted by molar-refractivity contribution is -0.137. The third kappa shape index (κ3) is 5.23. The van der Waals surface area contributed by atoms with Crippen LogP contribution in [0.2, 0.25) is 0 Å². The zero-order valence-electron chi connectivity index (χ0n) is 13.8. The molecule has 138 valence electrons. The molecule has 2 aromatic rings. The van der Waals surface area contributed by atoms with Gasteiger partial charge >= 0.3 is 6.18 Å². The predicted molar refractivity (Wildman–Crippen MR) is 88.6 cm³/mol. The Labute approximate surface area is 147 Å². The summed E-state index contributed by atoms with van der Waals surface area (Å²) in [6, 6.07) is 8.57. The smallest absolute Gasteiger partial charge is 0.416 e. The highest BCUT2D eigenvalue weighted by Crippen LogP contribution is 2.30. The number of ether oxygens (including phenoxy) is 2. The summed E-state index contributed by atoms with van der Waals surface area (Å²) in [5.74, 6) is 0.0473. The van der Waals surface area contributed by atoms with Crippen LogP contribution in [-0.2, 0) is 11.0 Å². The van der Waals surface area contributed by atoms with Gasteiger partial charge in [-0.15, -0.1) is 0 Å². The van der Waals surface area contributed by atoms with E-state index in [1.165, 1.54) is 18.2 Å². The number of benzene rings is 2. The first-order chi connectivity index (χ1) is 12.3. The number of hydrogen-bond acceptors (Lipinski definition) is 4. The minimum absolute atomic E-state index is 0.216. The van der Waals surface area contributed by atoms with Gasteiger partial charge in [-0.2, -0.15) is 13.2 Å². The molecule has 26 heavy (non-hydrogen) atoms. The van der Waals surface area contributed by atoms with Gasteiger partial charge in [0.25, 0.3) is 5.91 Å². The van der Waals surface area contributed by atoms with Crippen molar-refractivity contribution in [2.24, 2.45) is 0 Å². The van der Waals surface area contributed by atoms with Crippen LogP contribution in [0.3, 0.4) is 0 Å². The second kappa shape index (κ2) is 8.37. The maximum Gasteiger partial charge on any atom is 0.416 e. The van der Waals surface area contributed by atoms with E-state index in [-0.39, 0.29) is 18.0 Å². The average molecular weight is 367 g/mol. The summed E-state index contributed by atoms with van der Waals surface area (Å²) in [6.07, 6.45) is -3.78. The average Bonchev–Trinajstić information content (AvgIpc) is 2.60. The van der Waals surface area contributed by atoms with Gasteiger partial charge in [0.1, 0.15) is 6.29 Å². The first kappa shape index (κ1) is 19.3. The Bertz CT molecular complexity index is 773. The fraction of sp³-hybridized carbons (Fsp3) is 0.222. The van der Waals surface area contributed by atoms with E-state index in [0.29, 0.717) is 24.2 Å². The van der Waals surface area contributed by atoms with Crippen LogP contribution in [0.15, 0.2) is 42.5 Å². The minimum Gasteiger partial charge on any atom is -0.490 e. The summed E-state index contributed by atoms with van der Waals surface area (Å²) in [6.45, 7) is 1.73. The Hall–Kier alpha value is -3.03. The molecule has 8 heteroatoms. The van der Waals surface area contributed by atoms with Gasteiger partial charge in [-0.05, 0) is 49.4 Å². The number of amides is 1. The van der Waals surface area contributed by atoms with Crippen LogP contribution in [0.4, 0.5) is 18.9 Å². The number of halogens is 3. The number of aldehydes is 1. The van der Waals surface area contributed by atoms with Gasteiger partial charge in [-0.1, -0.05) is 0 Å². The van der Waals surface area contributed by atoms with Crippen LogP contribution in [0, 0.1) is 0 Å². The van der Waals surface area contributed by atoms with E-state index >= 15 is 0 Å². The molecule has 0 aliphatic rings. The predicted octanol–water partition coefficient (Wildman–Crippen LogP) is 3.93. The van der Waals surface area contributed by atoms with Crippen LogP contribution in [0.25, 0.3) is 0 Å². The first-order valence-corrected chi connectivity index (χ1v) is 7.65. The molecule has 0 atom stereocenters. The van der Waals surface area contributed by atoms with Crippen molar-refractivity contribution in [3.05, 3.63) is 53.6 Å². The van der Waals surface area contributed by atoms with Crippen LogP contribution >= 0.6 is 0 Å². The van der Waals surface area contributed by atoms with E-state index in [1.807, 2.05) is 0 Å². The van der Waals surface area contributed by atoms with Gasteiger partial charge in [0, 0.05) is 11.3 Å². The second-order valence-electron chi connectivity index (χ2n) is 5.17. The molecule has 0 unspecified atom stereocenters. The fourth-order valence-corrected chi connectivity index (χ4v) is 2.07. The van der Waals surface area contributed by atoms with Crippen LogP contribution in [-0.4, -0.2) is 25.4 Å². The highest BCUT2D eigenvalue weighted by atomic mass is 19.4. The van der Waals surface area contributed by atoms with Crippen molar-refractivity contribution in [2.75, 3.05) is 18.5 Å². The zero-order chi connectivity index (χ0) is 19.2. The third-order valence-corrected chi connectivity index (χ3v) is 3.26. The Morgan fingerprint density at radius 1 is 1.08 bits per heavy atom. The number of nitrogens with one attached hydrogen (secondary N) is 1. The van der Waals surface area contributed by atoms with Crippen LogP contribution < -0.4 is 14.8 Å². The lowest BCUT2D eigenvalue weighted by Gasteiger charge is -2.12. The molecular formula is C18H16F3NO4. The number of rotatable bonds is 7. The summed E-state index contributed by atoms with van der Waals surface area (Å²) in [7, 11) is 0. The molecule has 0 saturated carbocycles. The highest BCUT2D eigenvalue weighted by Gasteiger charge is 2.29. The van der Waals surface area contributed by atoms with E-state index in [1.54, 1.807) is 6.92 Å². The maximum absolute atomic E-state index is 12.5. The molecule has 5 nitrogen and oxygen atoms in total. The monoisotopic (exact) mass is 367 g/mol. The van der Waals surface area contributed by atoms with Crippen LogP contribution in [0.5, 0.6) is 11.5 Å². The van der Waals surface area contributed by atoms with Crippen molar-refractivity contribution >= 4 is 17.9 Å². The lowest BCUT2D eigenvalue weighted by Crippen LogP contribution is -2.20. The number of carbonyl (C=O) groups is 2. The third-order valence-electron chi connectivity index (χ3n) is 3.26. The molecule has 0 spiro atoms. The summed E-state index contributed by atoms with van der Waals surface area (Å²) >= 11 is 0. The number of carbonyl (C=O) groups excluding carboxylic acids is 2. The lowest BCUT2D eigenvalue weighted by atomic mass is 10.2. The SMILES string of the molecule is CCOc1cc(C=O)ccc1OCC(=O)Nc1ccc(C(F)(F)F)cc1. The largest absolute Gasteiger partial charge is 0.490 e. The van der Waals surface area contributed by atoms with E-state index in [2.05, 4.69) is 5.32 Å². The van der Waals surface area contributed by atoms with Gasteiger partial charge in [0.15, 0.2) is 18.1 Å². The summed E-state index contributed by atoms with van der Waals surface area (Å²) < 4.78 is 48.2. The molecule has 0 aliphatic carbocycles. The molecule has 2 aromatic carbocycles. The molecule has 0 aliphatic heterocycles. The van der Waals surface area contributed by atoms with Crippen molar-refractivity contribution in [1.29, 1.82) is 0 Å². The fourth-order valence-electron chi connectivity index (χ4n) is 2.07. The topological polar surface area (TPSA) is 64.6 Å². The van der Waals surface area contributed by atoms with Gasteiger partial charge in [0.05, 0.1) is 12.2 Å². The zero-order valence-corrected chi connectivity index (χ0v) is 13.8. The molecule has 1 amide bonds. The Morgan fingerprint density at radius 3 is 2.35 bits per heavy atom. The number of anilines is 1. The molecule has 0 heterocycles. The molecule has 0 aromatic heterocycles. The van der Waals surface area contributed by atoms with Gasteiger partial charge in [0.2, 0.25) is 0 Å². The molecule has 0 radical (unpaired) electrons. The van der Waals surface area contributed by atoms with Crippen molar-refractivity contribution < 1.29 is 32.2 Å². The first-order valence-electron chi connectivity index (χ1n) is 7.65. The van der Waals surface area contributed by atoms with Crippen LogP contribution in [0.1, 0.15) is 22.8 Å². The van der Waals surface area contributed by atoms with Crippen molar-refractivity contribution in [2.45, 2.75) is 13.1 Å². The molecule has 0 bridgehead atoms. The van der Waals surface area contributed by atoms with Gasteiger partial charge in [-0.25, -0.2) is 0 Å². The van der Waals surface area contributed by atoms with Crippen molar-refractivity contribution in [3.8, 4) is 11.5 Å². The molecular weight excluding hydrogens is 351 g/mol. The van der Waals surface area contributed by atoms with Crippen molar-refractivity contribution in [1.82, 2.24) is 0 Å². The summed E-state index contributed by atoms with van der Waals surface area (Å²) in [5.41, 5.74) is -0.189. The second-order valence-corrected chi connectivity index (χ2v) is 5.17. The Morgan fingerprint density at radius 2 is 1.77 bits per heavy atom. The van der Waals surface area contributed by atoms with E-state index in [4.69, 9.17) is 9.47 Å². The maximum atomic E-state index is 12.5. The quantitative estimate of drug-likeness (QED) is 0.753. The Balaban J connectivity index is 1.97. The number of alkyl halides is 3.